The maximum absolute atomic E-state index is 12.2. The molecule has 0 aromatic carbocycles. The predicted octanol–water partition coefficient (Wildman–Crippen LogP) is 1.41. The van der Waals surface area contributed by atoms with Gasteiger partial charge in [-0.05, 0) is 13.0 Å². The number of morpholine rings is 1. The van der Waals surface area contributed by atoms with Crippen LogP contribution < -0.4 is 0 Å². The highest BCUT2D eigenvalue weighted by Gasteiger charge is 2.26. The summed E-state index contributed by atoms with van der Waals surface area (Å²) in [6.07, 6.45) is 0.900. The first-order valence-electron chi connectivity index (χ1n) is 5.54. The number of hydrogen-bond donors (Lipinski definition) is 0. The Hall–Kier alpha value is -1.64. The second kappa shape index (κ2) is 5.34. The molecule has 0 N–H and O–H groups in total. The number of nitrogens with zero attached hydrogens (tertiary/aromatic N) is 3. The average Bonchev–Trinajstić information content (AvgIpc) is 2.38. The van der Waals surface area contributed by atoms with Crippen molar-refractivity contribution in [3.63, 3.8) is 0 Å². The molecule has 1 aromatic rings. The standard InChI is InChI=1S/C12H12ClN3O2/c1-8-4-11(13)10(6-15-8)12(17)16-2-3-18-9(5-14)7-16/h4,6,9H,2-3,7H2,1H3. The highest BCUT2D eigenvalue weighted by atomic mass is 35.5. The second-order valence-electron chi connectivity index (χ2n) is 4.05. The van der Waals surface area contributed by atoms with E-state index >= 15 is 0 Å². The van der Waals surface area contributed by atoms with Crippen LogP contribution in [0.4, 0.5) is 0 Å². The minimum atomic E-state index is -0.570. The van der Waals surface area contributed by atoms with Gasteiger partial charge in [-0.2, -0.15) is 5.26 Å². The van der Waals surface area contributed by atoms with Gasteiger partial charge in [0.2, 0.25) is 0 Å². The SMILES string of the molecule is Cc1cc(Cl)c(C(=O)N2CCOC(C#N)C2)cn1. The van der Waals surface area contributed by atoms with Crippen molar-refractivity contribution in [2.45, 2.75) is 13.0 Å². The summed E-state index contributed by atoms with van der Waals surface area (Å²) in [7, 11) is 0. The molecular formula is C12H12ClN3O2. The van der Waals surface area contributed by atoms with E-state index in [1.165, 1.54) is 6.20 Å². The Bertz CT molecular complexity index is 513. The fourth-order valence-corrected chi connectivity index (χ4v) is 2.05. The number of halogens is 1. The van der Waals surface area contributed by atoms with Gasteiger partial charge < -0.3 is 9.64 Å². The van der Waals surface area contributed by atoms with Gasteiger partial charge in [-0.3, -0.25) is 9.78 Å². The second-order valence-corrected chi connectivity index (χ2v) is 4.45. The van der Waals surface area contributed by atoms with Crippen molar-refractivity contribution in [1.82, 2.24) is 9.88 Å². The van der Waals surface area contributed by atoms with Gasteiger partial charge >= 0.3 is 0 Å². The van der Waals surface area contributed by atoms with Crippen molar-refractivity contribution in [2.75, 3.05) is 19.7 Å². The molecule has 1 aliphatic rings. The Balaban J connectivity index is 2.18. The van der Waals surface area contributed by atoms with Gasteiger partial charge in [0.05, 0.1) is 29.8 Å². The zero-order chi connectivity index (χ0) is 13.1. The fraction of sp³-hybridized carbons (Fsp3) is 0.417. The number of rotatable bonds is 1. The molecule has 1 aromatic heterocycles. The molecule has 2 heterocycles. The molecule has 1 atom stereocenters. The fourth-order valence-electron chi connectivity index (χ4n) is 1.77. The minimum absolute atomic E-state index is 0.212. The molecule has 0 bridgehead atoms. The first-order chi connectivity index (χ1) is 8.61. The molecule has 0 saturated carbocycles. The zero-order valence-corrected chi connectivity index (χ0v) is 10.6. The molecular weight excluding hydrogens is 254 g/mol. The number of ether oxygens (including phenoxy) is 1. The molecule has 5 nitrogen and oxygen atoms in total. The van der Waals surface area contributed by atoms with E-state index in [1.807, 2.05) is 6.07 Å². The van der Waals surface area contributed by atoms with Gasteiger partial charge in [-0.1, -0.05) is 11.6 Å². The molecule has 94 valence electrons. The number of nitriles is 1. The number of aryl methyl sites for hydroxylation is 1. The summed E-state index contributed by atoms with van der Waals surface area (Å²) in [4.78, 5) is 17.9. The number of pyridine rings is 1. The van der Waals surface area contributed by atoms with Crippen LogP contribution in [-0.2, 0) is 4.74 Å². The van der Waals surface area contributed by atoms with Crippen LogP contribution in [0.2, 0.25) is 5.02 Å². The van der Waals surface area contributed by atoms with Crippen LogP contribution in [0.25, 0.3) is 0 Å². The lowest BCUT2D eigenvalue weighted by atomic mass is 10.2. The number of aromatic nitrogens is 1. The highest BCUT2D eigenvalue weighted by molar-refractivity contribution is 6.33. The predicted molar refractivity (Wildman–Crippen MR) is 65.2 cm³/mol. The van der Waals surface area contributed by atoms with E-state index in [2.05, 4.69) is 4.98 Å². The van der Waals surface area contributed by atoms with Crippen molar-refractivity contribution < 1.29 is 9.53 Å². The van der Waals surface area contributed by atoms with Crippen molar-refractivity contribution in [3.8, 4) is 6.07 Å². The summed E-state index contributed by atoms with van der Waals surface area (Å²) in [6, 6.07) is 3.65. The summed E-state index contributed by atoms with van der Waals surface area (Å²) in [5.41, 5.74) is 1.12. The van der Waals surface area contributed by atoms with Crippen LogP contribution in [0.15, 0.2) is 12.3 Å². The maximum Gasteiger partial charge on any atom is 0.257 e. The van der Waals surface area contributed by atoms with Crippen LogP contribution in [0.5, 0.6) is 0 Å². The normalized spacial score (nSPS) is 19.4. The highest BCUT2D eigenvalue weighted by Crippen LogP contribution is 2.19. The summed E-state index contributed by atoms with van der Waals surface area (Å²) in [5, 5.41) is 9.18. The molecule has 1 amide bonds. The molecule has 0 radical (unpaired) electrons. The topological polar surface area (TPSA) is 66.2 Å². The zero-order valence-electron chi connectivity index (χ0n) is 9.89. The smallest absolute Gasteiger partial charge is 0.257 e. The molecule has 0 spiro atoms. The van der Waals surface area contributed by atoms with Gasteiger partial charge in [-0.25, -0.2) is 0 Å². The molecule has 2 rings (SSSR count). The quantitative estimate of drug-likeness (QED) is 0.770. The lowest BCUT2D eigenvalue weighted by molar-refractivity contribution is 0.00345. The Morgan fingerprint density at radius 1 is 1.72 bits per heavy atom. The third-order valence-corrected chi connectivity index (χ3v) is 3.03. The van der Waals surface area contributed by atoms with Crippen molar-refractivity contribution in [2.24, 2.45) is 0 Å². The van der Waals surface area contributed by atoms with Crippen LogP contribution in [-0.4, -0.2) is 41.6 Å². The average molecular weight is 266 g/mol. The van der Waals surface area contributed by atoms with Gasteiger partial charge in [0.15, 0.2) is 6.10 Å². The lowest BCUT2D eigenvalue weighted by Gasteiger charge is -2.29. The number of carbonyl (C=O) groups is 1. The molecule has 1 saturated heterocycles. The third-order valence-electron chi connectivity index (χ3n) is 2.72. The van der Waals surface area contributed by atoms with Crippen LogP contribution in [0.3, 0.4) is 0 Å². The Morgan fingerprint density at radius 2 is 2.50 bits per heavy atom. The molecule has 1 fully saturated rings. The van der Waals surface area contributed by atoms with Gasteiger partial charge in [0, 0.05) is 18.4 Å². The summed E-state index contributed by atoms with van der Waals surface area (Å²) < 4.78 is 5.19. The van der Waals surface area contributed by atoms with Crippen molar-refractivity contribution in [3.05, 3.63) is 28.5 Å². The molecule has 0 aliphatic carbocycles. The van der Waals surface area contributed by atoms with E-state index in [0.29, 0.717) is 23.7 Å². The summed E-state index contributed by atoms with van der Waals surface area (Å²) in [6.45, 7) is 2.89. The van der Waals surface area contributed by atoms with Crippen molar-refractivity contribution >= 4 is 17.5 Å². The van der Waals surface area contributed by atoms with E-state index in [4.69, 9.17) is 21.6 Å². The first kappa shape index (κ1) is 12.8. The Morgan fingerprint density at radius 3 is 3.17 bits per heavy atom. The number of hydrogen-bond acceptors (Lipinski definition) is 4. The lowest BCUT2D eigenvalue weighted by Crippen LogP contribution is -2.45. The first-order valence-corrected chi connectivity index (χ1v) is 5.92. The van der Waals surface area contributed by atoms with E-state index in [-0.39, 0.29) is 12.5 Å². The van der Waals surface area contributed by atoms with Gasteiger partial charge in [0.1, 0.15) is 0 Å². The molecule has 1 unspecified atom stereocenters. The van der Waals surface area contributed by atoms with Crippen LogP contribution >= 0.6 is 11.6 Å². The van der Waals surface area contributed by atoms with E-state index in [0.717, 1.165) is 5.69 Å². The summed E-state index contributed by atoms with van der Waals surface area (Å²) >= 11 is 6.03. The van der Waals surface area contributed by atoms with E-state index in [9.17, 15) is 4.79 Å². The van der Waals surface area contributed by atoms with Gasteiger partial charge in [0.25, 0.3) is 5.91 Å². The summed E-state index contributed by atoms with van der Waals surface area (Å²) in [5.74, 6) is -0.212. The third kappa shape index (κ3) is 2.61. The number of amides is 1. The number of carbonyl (C=O) groups excluding carboxylic acids is 1. The maximum atomic E-state index is 12.2. The van der Waals surface area contributed by atoms with Crippen LogP contribution in [0.1, 0.15) is 16.1 Å². The Kier molecular flexibility index (Phi) is 3.80. The Labute approximate surface area is 110 Å². The van der Waals surface area contributed by atoms with E-state index in [1.54, 1.807) is 17.9 Å². The largest absolute Gasteiger partial charge is 0.360 e. The van der Waals surface area contributed by atoms with Crippen molar-refractivity contribution in [1.29, 1.82) is 5.26 Å². The van der Waals surface area contributed by atoms with Gasteiger partial charge in [-0.15, -0.1) is 0 Å². The monoisotopic (exact) mass is 265 g/mol. The molecule has 6 heteroatoms. The molecule has 18 heavy (non-hydrogen) atoms. The van der Waals surface area contributed by atoms with E-state index < -0.39 is 6.10 Å². The minimum Gasteiger partial charge on any atom is -0.360 e. The molecule has 1 aliphatic heterocycles. The van der Waals surface area contributed by atoms with Crippen LogP contribution in [0, 0.1) is 18.3 Å².